The van der Waals surface area contributed by atoms with Gasteiger partial charge in [0, 0.05) is 24.7 Å². The molecule has 2 aromatic carbocycles. The Morgan fingerprint density at radius 3 is 2.77 bits per heavy atom. The van der Waals surface area contributed by atoms with Gasteiger partial charge in [0.1, 0.15) is 17.3 Å². The molecule has 136 valence electrons. The number of ether oxygens (including phenoxy) is 2. The van der Waals surface area contributed by atoms with Gasteiger partial charge in [-0.1, -0.05) is 24.3 Å². The number of methoxy groups -OCH3 is 2. The average Bonchev–Trinajstić information content (AvgIpc) is 3.10. The van der Waals surface area contributed by atoms with Crippen LogP contribution in [0.25, 0.3) is 0 Å². The van der Waals surface area contributed by atoms with E-state index in [9.17, 15) is 4.79 Å². The van der Waals surface area contributed by atoms with Crippen molar-refractivity contribution in [1.82, 2.24) is 10.6 Å². The first-order valence-electron chi connectivity index (χ1n) is 8.59. The molecule has 26 heavy (non-hydrogen) atoms. The highest BCUT2D eigenvalue weighted by molar-refractivity contribution is 6.02. The van der Waals surface area contributed by atoms with Crippen molar-refractivity contribution in [2.45, 2.75) is 13.0 Å². The summed E-state index contributed by atoms with van der Waals surface area (Å²) < 4.78 is 10.4. The van der Waals surface area contributed by atoms with Crippen LogP contribution in [0.3, 0.4) is 0 Å². The zero-order valence-corrected chi connectivity index (χ0v) is 15.0. The number of hydrogen-bond donors (Lipinski definition) is 2. The smallest absolute Gasteiger partial charge is 0.255 e. The minimum Gasteiger partial charge on any atom is -0.497 e. The lowest BCUT2D eigenvalue weighted by molar-refractivity contribution is 0.0950. The molecule has 0 aromatic heterocycles. The van der Waals surface area contributed by atoms with Crippen molar-refractivity contribution in [2.75, 3.05) is 27.3 Å². The maximum atomic E-state index is 12.3. The molecule has 0 unspecified atom stereocenters. The Morgan fingerprint density at radius 2 is 1.96 bits per heavy atom. The molecular formula is C20H23N3O3. The van der Waals surface area contributed by atoms with Gasteiger partial charge < -0.3 is 20.1 Å². The highest BCUT2D eigenvalue weighted by Crippen LogP contribution is 2.24. The molecule has 1 aliphatic heterocycles. The third kappa shape index (κ3) is 3.96. The van der Waals surface area contributed by atoms with Gasteiger partial charge in [-0.2, -0.15) is 0 Å². The van der Waals surface area contributed by atoms with Gasteiger partial charge in [0.2, 0.25) is 0 Å². The van der Waals surface area contributed by atoms with E-state index in [-0.39, 0.29) is 5.91 Å². The summed E-state index contributed by atoms with van der Waals surface area (Å²) >= 11 is 0. The predicted octanol–water partition coefficient (Wildman–Crippen LogP) is 2.37. The first-order chi connectivity index (χ1) is 12.7. The number of aliphatic imine (C=N–C) groups is 1. The van der Waals surface area contributed by atoms with Crippen LogP contribution >= 0.6 is 0 Å². The Balaban J connectivity index is 1.45. The summed E-state index contributed by atoms with van der Waals surface area (Å²) in [5, 5.41) is 6.26. The largest absolute Gasteiger partial charge is 0.497 e. The van der Waals surface area contributed by atoms with E-state index in [4.69, 9.17) is 9.47 Å². The van der Waals surface area contributed by atoms with Crippen LogP contribution in [0.4, 0.5) is 0 Å². The molecule has 0 atom stereocenters. The summed E-state index contributed by atoms with van der Waals surface area (Å²) in [6.07, 6.45) is 0.797. The molecule has 1 amide bonds. The second-order valence-electron chi connectivity index (χ2n) is 5.92. The van der Waals surface area contributed by atoms with Gasteiger partial charge >= 0.3 is 0 Å². The lowest BCUT2D eigenvalue weighted by Gasteiger charge is -2.11. The molecular weight excluding hydrogens is 330 g/mol. The van der Waals surface area contributed by atoms with Gasteiger partial charge in [0.15, 0.2) is 0 Å². The molecule has 3 rings (SSSR count). The van der Waals surface area contributed by atoms with Gasteiger partial charge in [-0.05, 0) is 24.1 Å². The molecule has 6 nitrogen and oxygen atoms in total. The van der Waals surface area contributed by atoms with Crippen molar-refractivity contribution in [2.24, 2.45) is 4.99 Å². The molecule has 0 saturated heterocycles. The van der Waals surface area contributed by atoms with Crippen LogP contribution in [0, 0.1) is 0 Å². The second-order valence-corrected chi connectivity index (χ2v) is 5.92. The fraction of sp³-hybridized carbons (Fsp3) is 0.300. The Hall–Kier alpha value is -3.02. The summed E-state index contributed by atoms with van der Waals surface area (Å²) in [5.74, 6) is 1.92. The number of carbonyl (C=O) groups excluding carboxylic acids is 1. The minimum atomic E-state index is -0.159. The van der Waals surface area contributed by atoms with E-state index in [1.807, 2.05) is 12.1 Å². The number of amides is 1. The van der Waals surface area contributed by atoms with Crippen molar-refractivity contribution in [1.29, 1.82) is 0 Å². The van der Waals surface area contributed by atoms with Gasteiger partial charge in [-0.3, -0.25) is 9.79 Å². The van der Waals surface area contributed by atoms with Crippen molar-refractivity contribution in [3.05, 3.63) is 59.2 Å². The number of fused-ring (bicyclic) bond motifs is 1. The van der Waals surface area contributed by atoms with Gasteiger partial charge in [-0.25, -0.2) is 0 Å². The second kappa shape index (κ2) is 8.38. The van der Waals surface area contributed by atoms with Crippen LogP contribution in [0.5, 0.6) is 11.5 Å². The number of hydrogen-bond acceptors (Lipinski definition) is 5. The fourth-order valence-electron chi connectivity index (χ4n) is 2.87. The molecule has 2 N–H and O–H groups in total. The van der Waals surface area contributed by atoms with E-state index in [2.05, 4.69) is 27.8 Å². The fourth-order valence-corrected chi connectivity index (χ4v) is 2.87. The average molecular weight is 353 g/mol. The first kappa shape index (κ1) is 17.8. The van der Waals surface area contributed by atoms with E-state index < -0.39 is 0 Å². The number of carbonyl (C=O) groups is 1. The summed E-state index contributed by atoms with van der Waals surface area (Å²) in [5.41, 5.74) is 2.91. The number of rotatable bonds is 7. The molecule has 0 fully saturated rings. The minimum absolute atomic E-state index is 0.159. The van der Waals surface area contributed by atoms with Crippen molar-refractivity contribution in [3.8, 4) is 11.5 Å². The van der Waals surface area contributed by atoms with E-state index >= 15 is 0 Å². The molecule has 0 spiro atoms. The third-order valence-electron chi connectivity index (χ3n) is 4.26. The van der Waals surface area contributed by atoms with Crippen molar-refractivity contribution in [3.63, 3.8) is 0 Å². The number of benzene rings is 2. The van der Waals surface area contributed by atoms with Gasteiger partial charge in [0.05, 0.1) is 26.3 Å². The molecule has 0 aliphatic carbocycles. The summed E-state index contributed by atoms with van der Waals surface area (Å²) in [6, 6.07) is 13.4. The predicted molar refractivity (Wildman–Crippen MR) is 101 cm³/mol. The number of amidine groups is 1. The molecule has 1 aliphatic rings. The molecule has 0 radical (unpaired) electrons. The van der Waals surface area contributed by atoms with E-state index in [1.54, 1.807) is 25.3 Å². The van der Waals surface area contributed by atoms with Crippen LogP contribution in [-0.2, 0) is 6.54 Å². The number of nitrogens with zero attached hydrogens (tertiary/aromatic N) is 1. The van der Waals surface area contributed by atoms with Crippen LogP contribution in [0.1, 0.15) is 27.9 Å². The Morgan fingerprint density at radius 1 is 1.12 bits per heavy atom. The molecule has 0 saturated carbocycles. The Labute approximate surface area is 153 Å². The highest BCUT2D eigenvalue weighted by Gasteiger charge is 2.15. The number of nitrogens with one attached hydrogen (secondary N) is 2. The van der Waals surface area contributed by atoms with E-state index in [0.717, 1.165) is 25.3 Å². The maximum absolute atomic E-state index is 12.3. The molecule has 1 heterocycles. The quantitative estimate of drug-likeness (QED) is 0.750. The maximum Gasteiger partial charge on any atom is 0.255 e. The van der Waals surface area contributed by atoms with E-state index in [1.165, 1.54) is 18.2 Å². The first-order valence-corrected chi connectivity index (χ1v) is 8.59. The molecule has 6 heteroatoms. The normalized spacial score (nSPS) is 12.2. The zero-order valence-electron chi connectivity index (χ0n) is 15.0. The summed E-state index contributed by atoms with van der Waals surface area (Å²) in [7, 11) is 3.12. The summed E-state index contributed by atoms with van der Waals surface area (Å²) in [4.78, 5) is 16.8. The lowest BCUT2D eigenvalue weighted by Crippen LogP contribution is -2.30. The van der Waals surface area contributed by atoms with Gasteiger partial charge in [-0.15, -0.1) is 0 Å². The summed E-state index contributed by atoms with van der Waals surface area (Å²) in [6.45, 7) is 2.04. The van der Waals surface area contributed by atoms with Crippen LogP contribution in [-0.4, -0.2) is 39.1 Å². The van der Waals surface area contributed by atoms with Crippen LogP contribution < -0.4 is 20.1 Å². The van der Waals surface area contributed by atoms with Crippen molar-refractivity contribution < 1.29 is 14.3 Å². The topological polar surface area (TPSA) is 72.0 Å². The lowest BCUT2D eigenvalue weighted by atomic mass is 10.1. The van der Waals surface area contributed by atoms with Gasteiger partial charge in [0.25, 0.3) is 5.91 Å². The Bertz CT molecular complexity index is 818. The standard InChI is InChI=1S/C20H23N3O3/c1-25-15-8-9-17(18(12-15)26-2)20(24)22-11-5-10-21-19-16-7-4-3-6-14(16)13-23-19/h3-4,6-9,12H,5,10-11,13H2,1-2H3,(H,21,23)(H,22,24). The zero-order chi connectivity index (χ0) is 18.4. The van der Waals surface area contributed by atoms with E-state index in [0.29, 0.717) is 23.6 Å². The third-order valence-corrected chi connectivity index (χ3v) is 4.26. The van der Waals surface area contributed by atoms with Crippen molar-refractivity contribution >= 4 is 11.7 Å². The SMILES string of the molecule is COc1ccc(C(=O)NCCCNC2=NCc3ccccc32)c(OC)c1. The van der Waals surface area contributed by atoms with Crippen LogP contribution in [0.15, 0.2) is 47.5 Å². The molecule has 0 bridgehead atoms. The molecule has 2 aromatic rings. The van der Waals surface area contributed by atoms with Crippen LogP contribution in [0.2, 0.25) is 0 Å². The highest BCUT2D eigenvalue weighted by atomic mass is 16.5. The monoisotopic (exact) mass is 353 g/mol. The Kier molecular flexibility index (Phi) is 5.73.